The minimum absolute atomic E-state index is 0.0804. The van der Waals surface area contributed by atoms with Gasteiger partial charge in [-0.25, -0.2) is 0 Å². The topological polar surface area (TPSA) is 52.9 Å². The SMILES string of the molecule is Cc1ccc(C)c(C(C)NC(=O)c2cccc(C#N)c2)c1. The standard InChI is InChI=1S/C18H18N2O/c1-12-7-8-13(2)17(9-12)14(3)20-18(21)16-6-4-5-15(10-16)11-19/h4-10,14H,1-3H3,(H,20,21). The van der Waals surface area contributed by atoms with E-state index in [-0.39, 0.29) is 11.9 Å². The van der Waals surface area contributed by atoms with E-state index in [9.17, 15) is 4.79 Å². The predicted molar refractivity (Wildman–Crippen MR) is 83.0 cm³/mol. The van der Waals surface area contributed by atoms with Gasteiger partial charge < -0.3 is 5.32 Å². The van der Waals surface area contributed by atoms with Crippen molar-refractivity contribution in [2.24, 2.45) is 0 Å². The van der Waals surface area contributed by atoms with Crippen LogP contribution in [0.25, 0.3) is 0 Å². The van der Waals surface area contributed by atoms with Crippen LogP contribution in [0.3, 0.4) is 0 Å². The molecule has 0 radical (unpaired) electrons. The van der Waals surface area contributed by atoms with Crippen LogP contribution in [0.15, 0.2) is 42.5 Å². The zero-order chi connectivity index (χ0) is 15.4. The van der Waals surface area contributed by atoms with Gasteiger partial charge in [0, 0.05) is 5.56 Å². The third-order valence-corrected chi connectivity index (χ3v) is 3.50. The van der Waals surface area contributed by atoms with Crippen LogP contribution in [0.5, 0.6) is 0 Å². The van der Waals surface area contributed by atoms with Crippen LogP contribution in [0.1, 0.15) is 45.6 Å². The third-order valence-electron chi connectivity index (χ3n) is 3.50. The van der Waals surface area contributed by atoms with E-state index in [0.717, 1.165) is 11.1 Å². The van der Waals surface area contributed by atoms with Crippen molar-refractivity contribution in [3.05, 3.63) is 70.3 Å². The number of benzene rings is 2. The quantitative estimate of drug-likeness (QED) is 0.931. The lowest BCUT2D eigenvalue weighted by molar-refractivity contribution is 0.0940. The van der Waals surface area contributed by atoms with Crippen molar-refractivity contribution in [1.29, 1.82) is 5.26 Å². The molecule has 2 rings (SSSR count). The molecule has 0 bridgehead atoms. The maximum Gasteiger partial charge on any atom is 0.251 e. The van der Waals surface area contributed by atoms with E-state index in [1.165, 1.54) is 5.56 Å². The smallest absolute Gasteiger partial charge is 0.251 e. The van der Waals surface area contributed by atoms with Crippen LogP contribution in [0, 0.1) is 25.2 Å². The predicted octanol–water partition coefficient (Wildman–Crippen LogP) is 3.67. The number of aryl methyl sites for hydroxylation is 2. The van der Waals surface area contributed by atoms with Gasteiger partial charge in [-0.15, -0.1) is 0 Å². The first-order chi connectivity index (χ1) is 10.0. The van der Waals surface area contributed by atoms with Crippen LogP contribution in [0.2, 0.25) is 0 Å². The lowest BCUT2D eigenvalue weighted by Gasteiger charge is -2.17. The Labute approximate surface area is 125 Å². The van der Waals surface area contributed by atoms with Crippen molar-refractivity contribution in [2.45, 2.75) is 26.8 Å². The molecule has 106 valence electrons. The minimum Gasteiger partial charge on any atom is -0.346 e. The zero-order valence-corrected chi connectivity index (χ0v) is 12.5. The molecule has 3 heteroatoms. The van der Waals surface area contributed by atoms with Gasteiger partial charge in [0.15, 0.2) is 0 Å². The number of nitriles is 1. The van der Waals surface area contributed by atoms with Gasteiger partial charge in [0.05, 0.1) is 17.7 Å². The molecule has 1 unspecified atom stereocenters. The maximum absolute atomic E-state index is 12.3. The number of nitrogens with zero attached hydrogens (tertiary/aromatic N) is 1. The maximum atomic E-state index is 12.3. The van der Waals surface area contributed by atoms with Crippen molar-refractivity contribution in [2.75, 3.05) is 0 Å². The van der Waals surface area contributed by atoms with Crippen molar-refractivity contribution >= 4 is 5.91 Å². The molecule has 0 aliphatic heterocycles. The Kier molecular flexibility index (Phi) is 4.39. The molecular formula is C18H18N2O. The molecule has 0 aliphatic carbocycles. The van der Waals surface area contributed by atoms with Gasteiger partial charge in [0.1, 0.15) is 0 Å². The Morgan fingerprint density at radius 2 is 1.95 bits per heavy atom. The average Bonchev–Trinajstić information content (AvgIpc) is 2.49. The molecule has 0 fully saturated rings. The van der Waals surface area contributed by atoms with Gasteiger partial charge in [0.25, 0.3) is 5.91 Å². The van der Waals surface area contributed by atoms with E-state index >= 15 is 0 Å². The molecule has 2 aromatic carbocycles. The molecule has 0 saturated heterocycles. The van der Waals surface area contributed by atoms with Crippen molar-refractivity contribution in [3.63, 3.8) is 0 Å². The van der Waals surface area contributed by atoms with E-state index < -0.39 is 0 Å². The Hall–Kier alpha value is -2.60. The second-order valence-corrected chi connectivity index (χ2v) is 5.25. The molecular weight excluding hydrogens is 260 g/mol. The lowest BCUT2D eigenvalue weighted by atomic mass is 9.99. The van der Waals surface area contributed by atoms with E-state index in [1.54, 1.807) is 24.3 Å². The summed E-state index contributed by atoms with van der Waals surface area (Å²) in [6.07, 6.45) is 0. The molecule has 2 aromatic rings. The summed E-state index contributed by atoms with van der Waals surface area (Å²) < 4.78 is 0. The summed E-state index contributed by atoms with van der Waals surface area (Å²) in [5, 5.41) is 11.9. The van der Waals surface area contributed by atoms with Gasteiger partial charge in [-0.1, -0.05) is 29.8 Å². The highest BCUT2D eigenvalue weighted by atomic mass is 16.1. The van der Waals surface area contributed by atoms with Gasteiger partial charge >= 0.3 is 0 Å². The average molecular weight is 278 g/mol. The van der Waals surface area contributed by atoms with E-state index in [1.807, 2.05) is 26.8 Å². The number of rotatable bonds is 3. The Morgan fingerprint density at radius 1 is 1.19 bits per heavy atom. The summed E-state index contributed by atoms with van der Waals surface area (Å²) in [5.74, 6) is -0.166. The summed E-state index contributed by atoms with van der Waals surface area (Å²) in [6.45, 7) is 6.04. The number of amides is 1. The van der Waals surface area contributed by atoms with Crippen LogP contribution in [-0.2, 0) is 0 Å². The van der Waals surface area contributed by atoms with Crippen molar-refractivity contribution in [3.8, 4) is 6.07 Å². The van der Waals surface area contributed by atoms with Gasteiger partial charge in [-0.05, 0) is 50.1 Å². The fourth-order valence-electron chi connectivity index (χ4n) is 2.31. The molecule has 0 saturated carbocycles. The summed E-state index contributed by atoms with van der Waals surface area (Å²) in [6, 6.07) is 14.9. The first-order valence-electron chi connectivity index (χ1n) is 6.89. The fourth-order valence-corrected chi connectivity index (χ4v) is 2.31. The highest BCUT2D eigenvalue weighted by Crippen LogP contribution is 2.19. The highest BCUT2D eigenvalue weighted by Gasteiger charge is 2.13. The largest absolute Gasteiger partial charge is 0.346 e. The summed E-state index contributed by atoms with van der Waals surface area (Å²) in [5.41, 5.74) is 4.43. The minimum atomic E-state index is -0.166. The van der Waals surface area contributed by atoms with Gasteiger partial charge in [0.2, 0.25) is 0 Å². The number of hydrogen-bond acceptors (Lipinski definition) is 2. The van der Waals surface area contributed by atoms with Crippen molar-refractivity contribution < 1.29 is 4.79 Å². The van der Waals surface area contributed by atoms with Crippen LogP contribution >= 0.6 is 0 Å². The summed E-state index contributed by atoms with van der Waals surface area (Å²) in [4.78, 5) is 12.3. The summed E-state index contributed by atoms with van der Waals surface area (Å²) >= 11 is 0. The van der Waals surface area contributed by atoms with Crippen LogP contribution in [-0.4, -0.2) is 5.91 Å². The molecule has 0 spiro atoms. The van der Waals surface area contributed by atoms with E-state index in [0.29, 0.717) is 11.1 Å². The molecule has 0 aromatic heterocycles. The third kappa shape index (κ3) is 3.49. The van der Waals surface area contributed by atoms with Crippen molar-refractivity contribution in [1.82, 2.24) is 5.32 Å². The zero-order valence-electron chi connectivity index (χ0n) is 12.5. The normalized spacial score (nSPS) is 11.5. The molecule has 0 heterocycles. The second-order valence-electron chi connectivity index (χ2n) is 5.25. The molecule has 1 amide bonds. The Balaban J connectivity index is 2.19. The molecule has 0 aliphatic rings. The van der Waals surface area contributed by atoms with E-state index in [2.05, 4.69) is 23.5 Å². The van der Waals surface area contributed by atoms with E-state index in [4.69, 9.17) is 5.26 Å². The Morgan fingerprint density at radius 3 is 2.67 bits per heavy atom. The number of hydrogen-bond donors (Lipinski definition) is 1. The number of carbonyl (C=O) groups is 1. The van der Waals surface area contributed by atoms with Crippen LogP contribution in [0.4, 0.5) is 0 Å². The van der Waals surface area contributed by atoms with Gasteiger partial charge in [-0.2, -0.15) is 5.26 Å². The fraction of sp³-hybridized carbons (Fsp3) is 0.222. The molecule has 1 N–H and O–H groups in total. The first kappa shape index (κ1) is 14.8. The number of nitrogens with one attached hydrogen (secondary N) is 1. The monoisotopic (exact) mass is 278 g/mol. The second kappa shape index (κ2) is 6.23. The first-order valence-corrected chi connectivity index (χ1v) is 6.89. The highest BCUT2D eigenvalue weighted by molar-refractivity contribution is 5.94. The molecule has 3 nitrogen and oxygen atoms in total. The molecule has 1 atom stereocenters. The van der Waals surface area contributed by atoms with Crippen LogP contribution < -0.4 is 5.32 Å². The summed E-state index contributed by atoms with van der Waals surface area (Å²) in [7, 11) is 0. The van der Waals surface area contributed by atoms with Gasteiger partial charge in [-0.3, -0.25) is 4.79 Å². The Bertz CT molecular complexity index is 713. The molecule has 21 heavy (non-hydrogen) atoms. The number of carbonyl (C=O) groups excluding carboxylic acids is 1. The lowest BCUT2D eigenvalue weighted by Crippen LogP contribution is -2.27.